The summed E-state index contributed by atoms with van der Waals surface area (Å²) in [5.74, 6) is 3.72. The molecule has 0 aromatic heterocycles. The average Bonchev–Trinajstić information content (AvgIpc) is 2.82. The SMILES string of the molecule is CCCc1ccc(C2CCC(CCC3CCC(CC/C=C/C=C/C#N)CC3)CC2)cc1. The molecule has 0 atom stereocenters. The Morgan fingerprint density at radius 3 is 1.97 bits per heavy atom. The summed E-state index contributed by atoms with van der Waals surface area (Å²) in [5.41, 5.74) is 3.09. The molecule has 0 saturated heterocycles. The molecule has 2 fully saturated rings. The van der Waals surface area contributed by atoms with Crippen molar-refractivity contribution < 1.29 is 0 Å². The zero-order valence-electron chi connectivity index (χ0n) is 19.8. The number of rotatable bonds is 10. The van der Waals surface area contributed by atoms with Gasteiger partial charge in [0.25, 0.3) is 0 Å². The van der Waals surface area contributed by atoms with E-state index in [1.807, 2.05) is 18.2 Å². The van der Waals surface area contributed by atoms with E-state index in [-0.39, 0.29) is 0 Å². The van der Waals surface area contributed by atoms with Crippen LogP contribution in [0, 0.1) is 29.1 Å². The quantitative estimate of drug-likeness (QED) is 0.275. The fraction of sp³-hybridized carbons (Fsp3) is 0.633. The van der Waals surface area contributed by atoms with Gasteiger partial charge in [0.1, 0.15) is 0 Å². The first-order valence-corrected chi connectivity index (χ1v) is 13.1. The molecule has 0 aliphatic heterocycles. The third kappa shape index (κ3) is 8.33. The third-order valence-corrected chi connectivity index (χ3v) is 7.95. The van der Waals surface area contributed by atoms with E-state index in [1.165, 1.54) is 89.0 Å². The van der Waals surface area contributed by atoms with E-state index in [2.05, 4.69) is 37.3 Å². The Labute approximate surface area is 191 Å². The number of hydrogen-bond acceptors (Lipinski definition) is 1. The van der Waals surface area contributed by atoms with Crippen molar-refractivity contribution in [3.8, 4) is 6.07 Å². The predicted octanol–water partition coefficient (Wildman–Crippen LogP) is 8.92. The summed E-state index contributed by atoms with van der Waals surface area (Å²) in [7, 11) is 0. The first-order valence-electron chi connectivity index (χ1n) is 13.1. The van der Waals surface area contributed by atoms with Crippen molar-refractivity contribution in [3.63, 3.8) is 0 Å². The molecule has 1 heteroatoms. The minimum atomic E-state index is 0.812. The minimum absolute atomic E-state index is 0.812. The summed E-state index contributed by atoms with van der Waals surface area (Å²) in [4.78, 5) is 0. The van der Waals surface area contributed by atoms with Crippen LogP contribution in [0.25, 0.3) is 0 Å². The molecule has 3 rings (SSSR count). The lowest BCUT2D eigenvalue weighted by atomic mass is 9.74. The van der Waals surface area contributed by atoms with Gasteiger partial charge in [-0.25, -0.2) is 0 Å². The number of allylic oxidation sites excluding steroid dienone is 4. The van der Waals surface area contributed by atoms with Gasteiger partial charge in [0.05, 0.1) is 6.07 Å². The fourth-order valence-corrected chi connectivity index (χ4v) is 5.92. The van der Waals surface area contributed by atoms with Crippen LogP contribution in [0.5, 0.6) is 0 Å². The highest BCUT2D eigenvalue weighted by Gasteiger charge is 2.25. The van der Waals surface area contributed by atoms with E-state index in [4.69, 9.17) is 5.26 Å². The van der Waals surface area contributed by atoms with Crippen molar-refractivity contribution >= 4 is 0 Å². The molecule has 168 valence electrons. The van der Waals surface area contributed by atoms with Gasteiger partial charge in [-0.2, -0.15) is 5.26 Å². The Kier molecular flexibility index (Phi) is 10.4. The zero-order valence-corrected chi connectivity index (χ0v) is 19.8. The molecule has 1 nitrogen and oxygen atoms in total. The Bertz CT molecular complexity index is 704. The van der Waals surface area contributed by atoms with Crippen LogP contribution in [-0.2, 0) is 6.42 Å². The molecule has 0 heterocycles. The Morgan fingerprint density at radius 1 is 0.806 bits per heavy atom. The molecule has 0 amide bonds. The second-order valence-corrected chi connectivity index (χ2v) is 10.2. The first kappa shape index (κ1) is 23.8. The molecule has 0 spiro atoms. The predicted molar refractivity (Wildman–Crippen MR) is 133 cm³/mol. The standard InChI is InChI=1S/C30H43N/c1-2-8-25-16-20-29(21-17-25)30-22-18-28(19-23-30)15-14-27-12-10-26(11-13-27)9-6-4-3-5-7-24-31/h3-5,7,16-17,20-21,26-28,30H,2,6,8-15,18-19,22-23H2,1H3/b4-3+,7-5+. The van der Waals surface area contributed by atoms with Crippen molar-refractivity contribution in [2.24, 2.45) is 17.8 Å². The summed E-state index contributed by atoms with van der Waals surface area (Å²) in [5, 5.41) is 8.49. The van der Waals surface area contributed by atoms with Gasteiger partial charge < -0.3 is 0 Å². The van der Waals surface area contributed by atoms with E-state index < -0.39 is 0 Å². The van der Waals surface area contributed by atoms with Crippen LogP contribution in [0.3, 0.4) is 0 Å². The maximum atomic E-state index is 8.49. The molecule has 1 aromatic rings. The summed E-state index contributed by atoms with van der Waals surface area (Å²) in [6, 6.07) is 11.6. The van der Waals surface area contributed by atoms with Gasteiger partial charge in [-0.05, 0) is 79.7 Å². The zero-order chi connectivity index (χ0) is 21.7. The van der Waals surface area contributed by atoms with Gasteiger partial charge in [0, 0.05) is 6.08 Å². The normalized spacial score (nSPS) is 27.0. The lowest BCUT2D eigenvalue weighted by Gasteiger charge is -2.32. The van der Waals surface area contributed by atoms with Gasteiger partial charge in [-0.1, -0.05) is 94.4 Å². The Balaban J connectivity index is 1.28. The molecule has 31 heavy (non-hydrogen) atoms. The van der Waals surface area contributed by atoms with Crippen LogP contribution in [0.4, 0.5) is 0 Å². The Morgan fingerprint density at radius 2 is 1.39 bits per heavy atom. The number of aryl methyl sites for hydroxylation is 1. The molecule has 2 aliphatic rings. The van der Waals surface area contributed by atoms with Crippen molar-refractivity contribution in [2.45, 2.75) is 103 Å². The first-order chi connectivity index (χ1) is 15.3. The average molecular weight is 418 g/mol. The van der Waals surface area contributed by atoms with Crippen molar-refractivity contribution in [3.05, 3.63) is 59.7 Å². The van der Waals surface area contributed by atoms with E-state index in [1.54, 1.807) is 11.6 Å². The fourth-order valence-electron chi connectivity index (χ4n) is 5.92. The lowest BCUT2D eigenvalue weighted by Crippen LogP contribution is -2.17. The lowest BCUT2D eigenvalue weighted by molar-refractivity contribution is 0.225. The van der Waals surface area contributed by atoms with E-state index >= 15 is 0 Å². The number of nitrogens with zero attached hydrogens (tertiary/aromatic N) is 1. The van der Waals surface area contributed by atoms with E-state index in [0.29, 0.717) is 0 Å². The molecule has 0 N–H and O–H groups in total. The van der Waals surface area contributed by atoms with Crippen LogP contribution >= 0.6 is 0 Å². The highest BCUT2D eigenvalue weighted by molar-refractivity contribution is 5.25. The van der Waals surface area contributed by atoms with Gasteiger partial charge in [0.15, 0.2) is 0 Å². The molecule has 0 radical (unpaired) electrons. The molecule has 1 aromatic carbocycles. The second-order valence-electron chi connectivity index (χ2n) is 10.2. The van der Waals surface area contributed by atoms with Gasteiger partial charge >= 0.3 is 0 Å². The van der Waals surface area contributed by atoms with Crippen LogP contribution < -0.4 is 0 Å². The summed E-state index contributed by atoms with van der Waals surface area (Å²) in [6.45, 7) is 2.26. The third-order valence-electron chi connectivity index (χ3n) is 7.95. The number of nitriles is 1. The maximum Gasteiger partial charge on any atom is 0.0912 e. The van der Waals surface area contributed by atoms with Crippen LogP contribution in [-0.4, -0.2) is 0 Å². The summed E-state index contributed by atoms with van der Waals surface area (Å²) < 4.78 is 0. The van der Waals surface area contributed by atoms with Crippen molar-refractivity contribution in [2.75, 3.05) is 0 Å². The Hall–Kier alpha value is -1.81. The summed E-state index contributed by atoms with van der Waals surface area (Å²) >= 11 is 0. The monoisotopic (exact) mass is 417 g/mol. The van der Waals surface area contributed by atoms with E-state index in [0.717, 1.165) is 30.1 Å². The van der Waals surface area contributed by atoms with Crippen LogP contribution in [0.2, 0.25) is 0 Å². The highest BCUT2D eigenvalue weighted by atomic mass is 14.3. The minimum Gasteiger partial charge on any atom is -0.193 e. The largest absolute Gasteiger partial charge is 0.193 e. The smallest absolute Gasteiger partial charge is 0.0912 e. The molecular formula is C30H43N. The van der Waals surface area contributed by atoms with Gasteiger partial charge in [-0.15, -0.1) is 0 Å². The molecular weight excluding hydrogens is 374 g/mol. The molecule has 2 aliphatic carbocycles. The van der Waals surface area contributed by atoms with Crippen LogP contribution in [0.1, 0.15) is 107 Å². The van der Waals surface area contributed by atoms with Crippen molar-refractivity contribution in [1.82, 2.24) is 0 Å². The summed E-state index contributed by atoms with van der Waals surface area (Å²) in [6.07, 6.45) is 27.0. The maximum absolute atomic E-state index is 8.49. The number of hydrogen-bond donors (Lipinski definition) is 0. The van der Waals surface area contributed by atoms with Gasteiger partial charge in [0.2, 0.25) is 0 Å². The van der Waals surface area contributed by atoms with Crippen LogP contribution in [0.15, 0.2) is 48.6 Å². The molecule has 0 bridgehead atoms. The van der Waals surface area contributed by atoms with Gasteiger partial charge in [-0.3, -0.25) is 0 Å². The van der Waals surface area contributed by atoms with Crippen molar-refractivity contribution in [1.29, 1.82) is 5.26 Å². The highest BCUT2D eigenvalue weighted by Crippen LogP contribution is 2.40. The van der Waals surface area contributed by atoms with E-state index in [9.17, 15) is 0 Å². The topological polar surface area (TPSA) is 23.8 Å². The number of benzene rings is 1. The molecule has 2 saturated carbocycles. The molecule has 0 unspecified atom stereocenters. The second kappa shape index (κ2) is 13.6.